The maximum Gasteiger partial charge on any atom is 0.338 e. The van der Waals surface area contributed by atoms with Crippen molar-refractivity contribution in [3.63, 3.8) is 0 Å². The predicted molar refractivity (Wildman–Crippen MR) is 128 cm³/mol. The van der Waals surface area contributed by atoms with Gasteiger partial charge in [-0.05, 0) is 44.5 Å². The molecule has 0 fully saturated rings. The highest BCUT2D eigenvalue weighted by molar-refractivity contribution is 7.07. The van der Waals surface area contributed by atoms with Crippen molar-refractivity contribution in [3.8, 4) is 11.5 Å². The van der Waals surface area contributed by atoms with Gasteiger partial charge in [-0.3, -0.25) is 14.0 Å². The van der Waals surface area contributed by atoms with Gasteiger partial charge in [0.05, 0.1) is 48.9 Å². The molecule has 3 heterocycles. The number of aromatic nitrogens is 3. The van der Waals surface area contributed by atoms with Crippen molar-refractivity contribution in [1.29, 1.82) is 0 Å². The quantitative estimate of drug-likeness (QED) is 0.478. The van der Waals surface area contributed by atoms with Gasteiger partial charge in [-0.1, -0.05) is 17.4 Å². The highest BCUT2D eigenvalue weighted by Crippen LogP contribution is 2.36. The Kier molecular flexibility index (Phi) is 6.69. The number of ether oxygens (including phenoxy) is 3. The Balaban J connectivity index is 1.95. The molecule has 1 aliphatic rings. The van der Waals surface area contributed by atoms with Crippen molar-refractivity contribution in [3.05, 3.63) is 72.7 Å². The summed E-state index contributed by atoms with van der Waals surface area (Å²) in [5, 5.41) is 4.27. The molecule has 2 aromatic heterocycles. The second-order valence-electron chi connectivity index (χ2n) is 7.55. The Hall–Kier alpha value is -3.66. The minimum absolute atomic E-state index is 0.208. The molecule has 34 heavy (non-hydrogen) atoms. The molecular weight excluding hydrogens is 456 g/mol. The first-order valence-electron chi connectivity index (χ1n) is 10.9. The number of hydrogen-bond donors (Lipinski definition) is 0. The van der Waals surface area contributed by atoms with Crippen LogP contribution in [-0.4, -0.2) is 41.1 Å². The molecule has 10 heteroatoms. The van der Waals surface area contributed by atoms with E-state index in [9.17, 15) is 9.59 Å². The lowest BCUT2D eigenvalue weighted by molar-refractivity contribution is -0.139. The summed E-state index contributed by atoms with van der Waals surface area (Å²) < 4.78 is 20.0. The summed E-state index contributed by atoms with van der Waals surface area (Å²) in [5.41, 5.74) is 2.07. The van der Waals surface area contributed by atoms with Crippen LogP contribution in [0.2, 0.25) is 0 Å². The third kappa shape index (κ3) is 4.16. The van der Waals surface area contributed by atoms with E-state index in [0.717, 1.165) is 12.1 Å². The summed E-state index contributed by atoms with van der Waals surface area (Å²) in [7, 11) is 3.09. The summed E-state index contributed by atoms with van der Waals surface area (Å²) in [6.45, 7) is 6.43. The lowest BCUT2D eigenvalue weighted by atomic mass is 9.95. The maximum atomic E-state index is 13.6. The van der Waals surface area contributed by atoms with Gasteiger partial charge in [-0.25, -0.2) is 9.79 Å². The van der Waals surface area contributed by atoms with E-state index in [1.807, 2.05) is 19.2 Å². The SMILES string of the molecule is CCOC(=O)C1=C(C)N=c2s/c(=C/c3cnn(CC)c3)c(=O)n2[C@H]1c1ccc(OC)c(OC)c1. The van der Waals surface area contributed by atoms with Crippen LogP contribution in [0.25, 0.3) is 6.08 Å². The zero-order valence-corrected chi connectivity index (χ0v) is 20.5. The van der Waals surface area contributed by atoms with Crippen LogP contribution < -0.4 is 24.4 Å². The fourth-order valence-electron chi connectivity index (χ4n) is 3.91. The van der Waals surface area contributed by atoms with Crippen LogP contribution >= 0.6 is 11.3 Å². The largest absolute Gasteiger partial charge is 0.493 e. The number of hydrogen-bond acceptors (Lipinski definition) is 8. The van der Waals surface area contributed by atoms with Crippen LogP contribution in [0.3, 0.4) is 0 Å². The molecule has 1 atom stereocenters. The highest BCUT2D eigenvalue weighted by atomic mass is 32.1. The summed E-state index contributed by atoms with van der Waals surface area (Å²) in [6, 6.07) is 4.60. The number of carbonyl (C=O) groups excluding carboxylic acids is 1. The molecule has 0 unspecified atom stereocenters. The second-order valence-corrected chi connectivity index (χ2v) is 8.56. The van der Waals surface area contributed by atoms with E-state index in [2.05, 4.69) is 10.1 Å². The summed E-state index contributed by atoms with van der Waals surface area (Å²) in [4.78, 5) is 31.7. The van der Waals surface area contributed by atoms with Crippen LogP contribution in [-0.2, 0) is 16.1 Å². The first kappa shape index (κ1) is 23.5. The minimum atomic E-state index is -0.726. The monoisotopic (exact) mass is 482 g/mol. The Labute approximate surface area is 200 Å². The van der Waals surface area contributed by atoms with E-state index in [4.69, 9.17) is 14.2 Å². The smallest absolute Gasteiger partial charge is 0.338 e. The van der Waals surface area contributed by atoms with Crippen LogP contribution in [0.5, 0.6) is 11.5 Å². The number of thiazole rings is 1. The summed E-state index contributed by atoms with van der Waals surface area (Å²) in [5.74, 6) is 0.527. The van der Waals surface area contributed by atoms with Gasteiger partial charge >= 0.3 is 5.97 Å². The maximum absolute atomic E-state index is 13.6. The van der Waals surface area contributed by atoms with Crippen molar-refractivity contribution in [2.45, 2.75) is 33.4 Å². The van der Waals surface area contributed by atoms with Gasteiger partial charge in [-0.15, -0.1) is 0 Å². The third-order valence-electron chi connectivity index (χ3n) is 5.52. The first-order valence-corrected chi connectivity index (χ1v) is 11.7. The molecule has 4 rings (SSSR count). The molecule has 0 bridgehead atoms. The minimum Gasteiger partial charge on any atom is -0.493 e. The molecule has 1 aliphatic heterocycles. The Bertz CT molecular complexity index is 1450. The van der Waals surface area contributed by atoms with E-state index in [-0.39, 0.29) is 12.2 Å². The topological polar surface area (TPSA) is 96.9 Å². The number of aryl methyl sites for hydroxylation is 1. The summed E-state index contributed by atoms with van der Waals surface area (Å²) in [6.07, 6.45) is 5.38. The average molecular weight is 483 g/mol. The molecule has 0 spiro atoms. The molecule has 9 nitrogen and oxygen atoms in total. The first-order chi connectivity index (χ1) is 16.4. The third-order valence-corrected chi connectivity index (χ3v) is 6.50. The van der Waals surface area contributed by atoms with Crippen LogP contribution in [0.15, 0.2) is 51.6 Å². The van der Waals surface area contributed by atoms with Crippen molar-refractivity contribution in [2.24, 2.45) is 4.99 Å². The molecule has 0 saturated carbocycles. The molecule has 0 N–H and O–H groups in total. The predicted octanol–water partition coefficient (Wildman–Crippen LogP) is 2.03. The fraction of sp³-hybridized carbons (Fsp3) is 0.333. The summed E-state index contributed by atoms with van der Waals surface area (Å²) >= 11 is 1.27. The zero-order valence-electron chi connectivity index (χ0n) is 19.7. The van der Waals surface area contributed by atoms with Gasteiger partial charge in [0.2, 0.25) is 0 Å². The van der Waals surface area contributed by atoms with Crippen molar-refractivity contribution < 1.29 is 19.0 Å². The van der Waals surface area contributed by atoms with E-state index < -0.39 is 12.0 Å². The molecule has 3 aromatic rings. The number of benzene rings is 1. The van der Waals surface area contributed by atoms with Crippen LogP contribution in [0.1, 0.15) is 37.9 Å². The molecule has 0 radical (unpaired) electrons. The molecule has 0 saturated heterocycles. The Morgan fingerprint density at radius 3 is 2.62 bits per heavy atom. The number of methoxy groups -OCH3 is 2. The Morgan fingerprint density at radius 2 is 1.97 bits per heavy atom. The number of fused-ring (bicyclic) bond motifs is 1. The standard InChI is InChI=1S/C24H26N4O5S/c1-6-27-13-15(12-25-27)10-19-22(29)28-21(16-8-9-17(31-4)18(11-16)32-5)20(23(30)33-7-2)14(3)26-24(28)34-19/h8-13,21H,6-7H2,1-5H3/b19-10+/t21-/m0/s1. The number of rotatable bonds is 7. The second kappa shape index (κ2) is 9.68. The normalized spacial score (nSPS) is 15.7. The highest BCUT2D eigenvalue weighted by Gasteiger charge is 2.33. The van der Waals surface area contributed by atoms with E-state index in [1.54, 1.807) is 54.6 Å². The van der Waals surface area contributed by atoms with Gasteiger partial charge < -0.3 is 14.2 Å². The van der Waals surface area contributed by atoms with Crippen LogP contribution in [0.4, 0.5) is 0 Å². The lowest BCUT2D eigenvalue weighted by Crippen LogP contribution is -2.39. The van der Waals surface area contributed by atoms with Crippen molar-refractivity contribution in [2.75, 3.05) is 20.8 Å². The fourth-order valence-corrected chi connectivity index (χ4v) is 4.95. The number of esters is 1. The van der Waals surface area contributed by atoms with Crippen molar-refractivity contribution >= 4 is 23.4 Å². The zero-order chi connectivity index (χ0) is 24.4. The molecule has 0 aliphatic carbocycles. The van der Waals surface area contributed by atoms with Crippen molar-refractivity contribution in [1.82, 2.24) is 14.3 Å². The Morgan fingerprint density at radius 1 is 1.21 bits per heavy atom. The molecular formula is C24H26N4O5S. The average Bonchev–Trinajstić information content (AvgIpc) is 3.41. The number of nitrogens with zero attached hydrogens (tertiary/aromatic N) is 4. The molecule has 1 aromatic carbocycles. The van der Waals surface area contributed by atoms with E-state index in [0.29, 0.717) is 37.7 Å². The number of carbonyl (C=O) groups is 1. The number of allylic oxidation sites excluding steroid dienone is 1. The van der Waals surface area contributed by atoms with Gasteiger partial charge in [0.1, 0.15) is 0 Å². The van der Waals surface area contributed by atoms with Gasteiger partial charge in [0, 0.05) is 18.3 Å². The lowest BCUT2D eigenvalue weighted by Gasteiger charge is -2.25. The van der Waals surface area contributed by atoms with E-state index in [1.165, 1.54) is 18.4 Å². The molecule has 0 amide bonds. The van der Waals surface area contributed by atoms with Gasteiger partial charge in [-0.2, -0.15) is 5.10 Å². The van der Waals surface area contributed by atoms with Crippen LogP contribution in [0, 0.1) is 0 Å². The van der Waals surface area contributed by atoms with E-state index >= 15 is 0 Å². The molecule has 178 valence electrons. The van der Waals surface area contributed by atoms with Gasteiger partial charge in [0.25, 0.3) is 5.56 Å². The van der Waals surface area contributed by atoms with Gasteiger partial charge in [0.15, 0.2) is 16.3 Å².